The van der Waals surface area contributed by atoms with Gasteiger partial charge in [0.05, 0.1) is 0 Å². The summed E-state index contributed by atoms with van der Waals surface area (Å²) in [6.45, 7) is 0. The van der Waals surface area contributed by atoms with Crippen LogP contribution in [0.3, 0.4) is 0 Å². The van der Waals surface area contributed by atoms with E-state index in [0.29, 0.717) is 5.56 Å². The van der Waals surface area contributed by atoms with E-state index in [1.54, 1.807) is 12.1 Å². The van der Waals surface area contributed by atoms with Crippen LogP contribution < -0.4 is 14.1 Å². The Labute approximate surface area is 160 Å². The molecule has 0 fully saturated rings. The predicted octanol–water partition coefficient (Wildman–Crippen LogP) is 3.73. The molecule has 0 saturated heterocycles. The molecule has 4 nitrogen and oxygen atoms in total. The average molecular weight is 475 g/mol. The van der Waals surface area contributed by atoms with E-state index in [-0.39, 0.29) is 11.5 Å². The summed E-state index contributed by atoms with van der Waals surface area (Å²) in [7, 11) is 0. The van der Waals surface area contributed by atoms with Crippen LogP contribution in [0.4, 0.5) is 5.69 Å². The van der Waals surface area contributed by atoms with Crippen molar-refractivity contribution in [2.75, 3.05) is 5.32 Å². The average Bonchev–Trinajstić information content (AvgIpc) is 2.53. The number of hydrogen-bond acceptors (Lipinski definition) is 2. The molecule has 2 rings (SSSR count). The zero-order valence-electron chi connectivity index (χ0n) is 16.3. The maximum absolute atomic E-state index is 12.6. The van der Waals surface area contributed by atoms with Gasteiger partial charge >= 0.3 is 161 Å². The Balaban J connectivity index is 2.35. The maximum atomic E-state index is 12.6. The number of anilines is 1. The predicted molar refractivity (Wildman–Crippen MR) is 114 cm³/mol. The molecule has 26 heavy (non-hydrogen) atoms. The molecule has 2 aromatic rings. The second-order valence-electron chi connectivity index (χ2n) is 8.64. The first-order chi connectivity index (χ1) is 11.9. The third-order valence-electron chi connectivity index (χ3n) is 4.32. The molecule has 2 aromatic carbocycles. The van der Waals surface area contributed by atoms with Crippen molar-refractivity contribution in [2.24, 2.45) is 0 Å². The summed E-state index contributed by atoms with van der Waals surface area (Å²) >= 11 is -4.08. The third-order valence-corrected chi connectivity index (χ3v) is 12.8. The third kappa shape index (κ3) is 5.24. The van der Waals surface area contributed by atoms with Crippen molar-refractivity contribution in [2.45, 2.75) is 34.5 Å². The van der Waals surface area contributed by atoms with Crippen LogP contribution in [0, 0.1) is 0 Å². The second-order valence-corrected chi connectivity index (χ2v) is 29.9. The first-order valence-corrected chi connectivity index (χ1v) is 23.4. The first-order valence-electron chi connectivity index (χ1n) is 8.69. The van der Waals surface area contributed by atoms with E-state index < -0.39 is 32.5 Å². The van der Waals surface area contributed by atoms with E-state index in [9.17, 15) is 9.59 Å². The number of hydrogen-bond donors (Lipinski definition) is 2. The molecule has 0 bridgehead atoms. The minimum absolute atomic E-state index is 0.174. The van der Waals surface area contributed by atoms with Crippen LogP contribution in [0.15, 0.2) is 42.5 Å². The van der Waals surface area contributed by atoms with Crippen LogP contribution in [0.2, 0.25) is 34.5 Å². The van der Waals surface area contributed by atoms with Gasteiger partial charge in [-0.3, -0.25) is 0 Å². The summed E-state index contributed by atoms with van der Waals surface area (Å²) in [5.41, 5.74) is 1.47. The van der Waals surface area contributed by atoms with E-state index in [1.807, 2.05) is 0 Å². The molecule has 0 radical (unpaired) electrons. The molecule has 0 saturated carbocycles. The molecule has 0 heterocycles. The molecule has 0 aromatic heterocycles. The van der Waals surface area contributed by atoms with Crippen molar-refractivity contribution < 1.29 is 14.7 Å². The number of amides is 1. The van der Waals surface area contributed by atoms with Crippen LogP contribution in [0.5, 0.6) is 0 Å². The summed E-state index contributed by atoms with van der Waals surface area (Å²) in [5.74, 6) is 12.9. The second kappa shape index (κ2) is 7.60. The summed E-state index contributed by atoms with van der Waals surface area (Å²) in [5, 5.41) is 12.0. The van der Waals surface area contributed by atoms with Crippen LogP contribution in [0.1, 0.15) is 20.7 Å². The zero-order chi connectivity index (χ0) is 19.7. The molecular formula is C20H27Ge2NO3. The van der Waals surface area contributed by atoms with Gasteiger partial charge in [0.2, 0.25) is 0 Å². The van der Waals surface area contributed by atoms with Crippen molar-refractivity contribution in [3.8, 4) is 0 Å². The number of nitrogens with one attached hydrogen (secondary N) is 1. The van der Waals surface area contributed by atoms with Crippen molar-refractivity contribution >= 4 is 52.9 Å². The van der Waals surface area contributed by atoms with Gasteiger partial charge in [-0.25, -0.2) is 0 Å². The van der Waals surface area contributed by atoms with Crippen LogP contribution in [-0.4, -0.2) is 43.5 Å². The van der Waals surface area contributed by atoms with E-state index >= 15 is 0 Å². The van der Waals surface area contributed by atoms with Crippen LogP contribution in [0.25, 0.3) is 0 Å². The van der Waals surface area contributed by atoms with E-state index in [4.69, 9.17) is 5.11 Å². The summed E-state index contributed by atoms with van der Waals surface area (Å²) in [6.07, 6.45) is 0. The topological polar surface area (TPSA) is 66.4 Å². The molecule has 0 aliphatic rings. The Morgan fingerprint density at radius 2 is 1.19 bits per heavy atom. The molecule has 0 aliphatic carbocycles. The Morgan fingerprint density at radius 1 is 0.769 bits per heavy atom. The van der Waals surface area contributed by atoms with Gasteiger partial charge in [-0.2, -0.15) is 0 Å². The normalized spacial score (nSPS) is 11.9. The number of carboxylic acid groups (broad SMARTS) is 1. The van der Waals surface area contributed by atoms with Gasteiger partial charge in [0.1, 0.15) is 0 Å². The fourth-order valence-electron chi connectivity index (χ4n) is 2.53. The van der Waals surface area contributed by atoms with Gasteiger partial charge in [0.15, 0.2) is 0 Å². The molecule has 1 amide bonds. The van der Waals surface area contributed by atoms with Gasteiger partial charge in [-0.05, 0) is 0 Å². The zero-order valence-corrected chi connectivity index (χ0v) is 20.5. The fourth-order valence-corrected chi connectivity index (χ4v) is 8.11. The molecule has 0 unspecified atom stereocenters. The van der Waals surface area contributed by atoms with Gasteiger partial charge in [-0.1, -0.05) is 0 Å². The number of carboxylic acids is 1. The number of rotatable bonds is 5. The van der Waals surface area contributed by atoms with Gasteiger partial charge in [-0.15, -0.1) is 0 Å². The number of aromatic carboxylic acids is 1. The van der Waals surface area contributed by atoms with E-state index in [2.05, 4.69) is 58.1 Å². The first kappa shape index (κ1) is 20.8. The van der Waals surface area contributed by atoms with Crippen molar-refractivity contribution in [3.05, 3.63) is 53.6 Å². The Bertz CT molecular complexity index is 799. The van der Waals surface area contributed by atoms with Crippen molar-refractivity contribution in [3.63, 3.8) is 0 Å². The quantitative estimate of drug-likeness (QED) is 0.649. The fraction of sp³-hybridized carbons (Fsp3) is 0.300. The van der Waals surface area contributed by atoms with Gasteiger partial charge in [0.25, 0.3) is 0 Å². The Morgan fingerprint density at radius 3 is 1.58 bits per heavy atom. The Hall–Kier alpha value is -1.53. The van der Waals surface area contributed by atoms with Gasteiger partial charge < -0.3 is 0 Å². The monoisotopic (exact) mass is 477 g/mol. The van der Waals surface area contributed by atoms with Crippen molar-refractivity contribution in [1.29, 1.82) is 0 Å². The Kier molecular flexibility index (Phi) is 6.08. The molecule has 6 heteroatoms. The summed E-state index contributed by atoms with van der Waals surface area (Å²) < 4.78 is 2.78. The molecule has 138 valence electrons. The molecule has 2 N–H and O–H groups in total. The number of benzene rings is 2. The molecular weight excluding hydrogens is 447 g/mol. The van der Waals surface area contributed by atoms with Crippen LogP contribution >= 0.6 is 0 Å². The molecule has 0 spiro atoms. The van der Waals surface area contributed by atoms with Gasteiger partial charge in [0, 0.05) is 0 Å². The molecule has 0 atom stereocenters. The standard InChI is InChI=1S/C20H27Ge2NO3/c1-21(2,3)16-11-17(22(4,5)6)13-18(12-16)23-19(24)14-7-9-15(10-8-14)20(25)26/h7-13H,1-6H3,(H,23,24)(H,25,26). The van der Waals surface area contributed by atoms with E-state index in [0.717, 1.165) is 5.69 Å². The minimum atomic E-state index is -2.04. The van der Waals surface area contributed by atoms with E-state index in [1.165, 1.54) is 20.9 Å². The number of carbonyl (C=O) groups excluding carboxylic acids is 1. The molecule has 0 aliphatic heterocycles. The van der Waals surface area contributed by atoms with Crippen LogP contribution in [-0.2, 0) is 0 Å². The summed E-state index contributed by atoms with van der Waals surface area (Å²) in [6, 6.07) is 12.6. The van der Waals surface area contributed by atoms with Crippen molar-refractivity contribution in [1.82, 2.24) is 0 Å². The SMILES string of the molecule is [CH3][Ge]([CH3])([CH3])[c]1cc(NC(=O)c2ccc(C(=O)O)cc2)c[c]([Ge]([CH3])([CH3])[CH3])c1. The number of carbonyl (C=O) groups is 2. The summed E-state index contributed by atoms with van der Waals surface area (Å²) in [4.78, 5) is 23.5.